The minimum Gasteiger partial charge on any atom is -0.462 e. The van der Waals surface area contributed by atoms with Gasteiger partial charge in [-0.2, -0.15) is 0 Å². The zero-order chi connectivity index (χ0) is 23.3. The van der Waals surface area contributed by atoms with Gasteiger partial charge in [-0.1, -0.05) is 22.9 Å². The topological polar surface area (TPSA) is 115 Å². The van der Waals surface area contributed by atoms with E-state index in [1.54, 1.807) is 38.1 Å². The van der Waals surface area contributed by atoms with Gasteiger partial charge in [0.15, 0.2) is 5.69 Å². The monoisotopic (exact) mass is 435 g/mol. The summed E-state index contributed by atoms with van der Waals surface area (Å²) in [5, 5.41) is 13.4. The van der Waals surface area contributed by atoms with Crippen molar-refractivity contribution >= 4 is 29.2 Å². The van der Waals surface area contributed by atoms with Crippen molar-refractivity contribution in [2.24, 2.45) is 0 Å². The second kappa shape index (κ2) is 9.86. The minimum absolute atomic E-state index is 0.116. The Balaban J connectivity index is 1.63. The van der Waals surface area contributed by atoms with Gasteiger partial charge >= 0.3 is 5.97 Å². The largest absolute Gasteiger partial charge is 0.462 e. The first-order valence-corrected chi connectivity index (χ1v) is 10.1. The molecule has 0 saturated carbocycles. The molecule has 3 rings (SSSR count). The fraction of sp³-hybridized carbons (Fsp3) is 0.261. The summed E-state index contributed by atoms with van der Waals surface area (Å²) < 4.78 is 6.29. The number of esters is 1. The summed E-state index contributed by atoms with van der Waals surface area (Å²) in [5.41, 5.74) is 4.28. The first-order chi connectivity index (χ1) is 15.3. The van der Waals surface area contributed by atoms with Crippen LogP contribution in [0.3, 0.4) is 0 Å². The molecule has 0 atom stereocenters. The Labute approximate surface area is 185 Å². The first kappa shape index (κ1) is 22.7. The Morgan fingerprint density at radius 1 is 1.00 bits per heavy atom. The van der Waals surface area contributed by atoms with Crippen molar-refractivity contribution in [1.82, 2.24) is 15.0 Å². The maximum absolute atomic E-state index is 12.6. The van der Waals surface area contributed by atoms with Gasteiger partial charge in [0.05, 0.1) is 17.9 Å². The van der Waals surface area contributed by atoms with Gasteiger partial charge < -0.3 is 15.4 Å². The van der Waals surface area contributed by atoms with Crippen LogP contribution in [0.1, 0.15) is 44.6 Å². The van der Waals surface area contributed by atoms with E-state index < -0.39 is 11.9 Å². The molecule has 0 saturated heterocycles. The molecule has 2 amide bonds. The molecule has 0 spiro atoms. The molecule has 2 N–H and O–H groups in total. The highest BCUT2D eigenvalue weighted by Gasteiger charge is 2.19. The number of nitrogens with one attached hydrogen (secondary N) is 2. The summed E-state index contributed by atoms with van der Waals surface area (Å²) in [6.45, 7) is 7.48. The molecule has 9 nitrogen and oxygen atoms in total. The number of hydrogen-bond acceptors (Lipinski definition) is 6. The molecule has 32 heavy (non-hydrogen) atoms. The normalized spacial score (nSPS) is 10.5. The molecule has 0 aliphatic rings. The quantitative estimate of drug-likeness (QED) is 0.551. The van der Waals surface area contributed by atoms with Gasteiger partial charge in [-0.25, -0.2) is 9.48 Å². The van der Waals surface area contributed by atoms with Crippen LogP contribution in [0.4, 0.5) is 11.4 Å². The Morgan fingerprint density at radius 3 is 2.38 bits per heavy atom. The van der Waals surface area contributed by atoms with Crippen LogP contribution in [-0.2, 0) is 16.1 Å². The van der Waals surface area contributed by atoms with Gasteiger partial charge in [-0.05, 0) is 63.6 Å². The first-order valence-electron chi connectivity index (χ1n) is 10.1. The molecule has 1 heterocycles. The van der Waals surface area contributed by atoms with Crippen molar-refractivity contribution in [2.75, 3.05) is 17.2 Å². The number of amides is 2. The van der Waals surface area contributed by atoms with Crippen molar-refractivity contribution in [3.05, 3.63) is 70.5 Å². The second-order valence-corrected chi connectivity index (χ2v) is 7.30. The fourth-order valence-corrected chi connectivity index (χ4v) is 3.10. The van der Waals surface area contributed by atoms with Crippen molar-refractivity contribution in [3.8, 4) is 0 Å². The maximum atomic E-state index is 12.6. The number of ether oxygens (including phenoxy) is 1. The van der Waals surface area contributed by atoms with Gasteiger partial charge in [0, 0.05) is 11.4 Å². The van der Waals surface area contributed by atoms with Crippen LogP contribution in [0.2, 0.25) is 0 Å². The summed E-state index contributed by atoms with van der Waals surface area (Å²) in [6, 6.07) is 12.1. The van der Waals surface area contributed by atoms with Gasteiger partial charge in [-0.3, -0.25) is 9.59 Å². The third-order valence-electron chi connectivity index (χ3n) is 4.80. The predicted molar refractivity (Wildman–Crippen MR) is 120 cm³/mol. The molecule has 1 aromatic heterocycles. The summed E-state index contributed by atoms with van der Waals surface area (Å²) in [5.74, 6) is -1.16. The van der Waals surface area contributed by atoms with Crippen LogP contribution in [0.5, 0.6) is 0 Å². The Morgan fingerprint density at radius 2 is 1.72 bits per heavy atom. The molecule has 0 radical (unpaired) electrons. The van der Waals surface area contributed by atoms with E-state index >= 15 is 0 Å². The number of carbonyl (C=O) groups is 3. The van der Waals surface area contributed by atoms with E-state index in [0.29, 0.717) is 29.2 Å². The predicted octanol–water partition coefficient (Wildman–Crippen LogP) is 3.27. The van der Waals surface area contributed by atoms with Crippen LogP contribution >= 0.6 is 0 Å². The Kier molecular flexibility index (Phi) is 6.99. The highest BCUT2D eigenvalue weighted by molar-refractivity contribution is 6.04. The highest BCUT2D eigenvalue weighted by Crippen LogP contribution is 2.17. The maximum Gasteiger partial charge on any atom is 0.338 e. The van der Waals surface area contributed by atoms with E-state index in [1.807, 2.05) is 32.0 Å². The average Bonchev–Trinajstić information content (AvgIpc) is 3.11. The molecule has 0 bridgehead atoms. The van der Waals surface area contributed by atoms with Crippen LogP contribution < -0.4 is 10.6 Å². The summed E-state index contributed by atoms with van der Waals surface area (Å²) in [7, 11) is 0. The van der Waals surface area contributed by atoms with E-state index in [-0.39, 0.29) is 18.1 Å². The van der Waals surface area contributed by atoms with E-state index in [4.69, 9.17) is 4.74 Å². The number of anilines is 2. The zero-order valence-corrected chi connectivity index (χ0v) is 18.4. The van der Waals surface area contributed by atoms with Gasteiger partial charge in [0.1, 0.15) is 6.54 Å². The number of hydrogen-bond donors (Lipinski definition) is 2. The van der Waals surface area contributed by atoms with Crippen molar-refractivity contribution < 1.29 is 19.1 Å². The highest BCUT2D eigenvalue weighted by atomic mass is 16.5. The fourth-order valence-electron chi connectivity index (χ4n) is 3.10. The SMILES string of the molecule is CCOC(=O)c1ccc(NC(=O)Cn2nnc(C(=O)Nc3ccc(C)cc3C)c2C)cc1. The van der Waals surface area contributed by atoms with E-state index in [2.05, 4.69) is 20.9 Å². The molecule has 0 aliphatic heterocycles. The molecule has 3 aromatic rings. The lowest BCUT2D eigenvalue weighted by atomic mass is 10.1. The minimum atomic E-state index is -0.421. The van der Waals surface area contributed by atoms with E-state index in [0.717, 1.165) is 11.1 Å². The number of aromatic nitrogens is 3. The van der Waals surface area contributed by atoms with Crippen molar-refractivity contribution in [2.45, 2.75) is 34.2 Å². The van der Waals surface area contributed by atoms with Crippen molar-refractivity contribution in [1.29, 1.82) is 0 Å². The lowest BCUT2D eigenvalue weighted by Crippen LogP contribution is -2.21. The molecule has 2 aromatic carbocycles. The number of benzene rings is 2. The Hall–Kier alpha value is -4.01. The lowest BCUT2D eigenvalue weighted by Gasteiger charge is -2.09. The van der Waals surface area contributed by atoms with E-state index in [1.165, 1.54) is 4.68 Å². The van der Waals surface area contributed by atoms with Crippen LogP contribution in [0.25, 0.3) is 0 Å². The van der Waals surface area contributed by atoms with Gasteiger partial charge in [0.25, 0.3) is 5.91 Å². The molecule has 166 valence electrons. The van der Waals surface area contributed by atoms with Gasteiger partial charge in [0.2, 0.25) is 5.91 Å². The number of nitrogens with zero attached hydrogens (tertiary/aromatic N) is 3. The summed E-state index contributed by atoms with van der Waals surface area (Å²) in [6.07, 6.45) is 0. The molecular weight excluding hydrogens is 410 g/mol. The zero-order valence-electron chi connectivity index (χ0n) is 18.4. The number of aryl methyl sites for hydroxylation is 2. The van der Waals surface area contributed by atoms with Crippen LogP contribution in [-0.4, -0.2) is 39.4 Å². The van der Waals surface area contributed by atoms with E-state index in [9.17, 15) is 14.4 Å². The van der Waals surface area contributed by atoms with Gasteiger partial charge in [-0.15, -0.1) is 5.10 Å². The van der Waals surface area contributed by atoms with Crippen LogP contribution in [0, 0.1) is 20.8 Å². The molecule has 9 heteroatoms. The second-order valence-electron chi connectivity index (χ2n) is 7.30. The summed E-state index contributed by atoms with van der Waals surface area (Å²) >= 11 is 0. The molecule has 0 fully saturated rings. The standard InChI is InChI=1S/C23H25N5O4/c1-5-32-23(31)17-7-9-18(10-8-17)24-20(29)13-28-16(4)21(26-27-28)22(30)25-19-11-6-14(2)12-15(19)3/h6-12H,5,13H2,1-4H3,(H,24,29)(H,25,30). The Bertz CT molecular complexity index is 1150. The molecule has 0 unspecified atom stereocenters. The third-order valence-corrected chi connectivity index (χ3v) is 4.80. The number of rotatable bonds is 7. The van der Waals surface area contributed by atoms with Crippen molar-refractivity contribution in [3.63, 3.8) is 0 Å². The van der Waals surface area contributed by atoms with Crippen LogP contribution in [0.15, 0.2) is 42.5 Å². The molecule has 0 aliphatic carbocycles. The number of carbonyl (C=O) groups excluding carboxylic acids is 3. The lowest BCUT2D eigenvalue weighted by molar-refractivity contribution is -0.117. The third kappa shape index (κ3) is 5.37. The average molecular weight is 435 g/mol. The molecular formula is C23H25N5O4. The smallest absolute Gasteiger partial charge is 0.338 e. The summed E-state index contributed by atoms with van der Waals surface area (Å²) in [4.78, 5) is 36.7.